The average Bonchev–Trinajstić information content (AvgIpc) is 2.87. The number of fused-ring (bicyclic) bond motifs is 1. The number of nitrogens with zero attached hydrogens (tertiary/aromatic N) is 1. The molecular formula is C12H17N3OS. The van der Waals surface area contributed by atoms with E-state index in [4.69, 9.17) is 0 Å². The molecular weight excluding hydrogens is 234 g/mol. The molecule has 0 unspecified atom stereocenters. The van der Waals surface area contributed by atoms with Crippen molar-refractivity contribution in [2.45, 2.75) is 44.6 Å². The number of amides is 1. The Labute approximate surface area is 105 Å². The van der Waals surface area contributed by atoms with Gasteiger partial charge in [-0.15, -0.1) is 11.3 Å². The second-order valence-corrected chi connectivity index (χ2v) is 5.85. The zero-order valence-corrected chi connectivity index (χ0v) is 10.6. The molecule has 0 aromatic carbocycles. The maximum atomic E-state index is 11.7. The number of carbonyl (C=O) groups excluding carboxylic acids is 1. The van der Waals surface area contributed by atoms with Crippen molar-refractivity contribution < 1.29 is 4.79 Å². The number of nitrogens with one attached hydrogen (secondary N) is 2. The zero-order chi connectivity index (χ0) is 11.7. The number of rotatable bonds is 5. The lowest BCUT2D eigenvalue weighted by Gasteiger charge is -2.02. The highest BCUT2D eigenvalue weighted by Crippen LogP contribution is 2.30. The average molecular weight is 251 g/mol. The highest BCUT2D eigenvalue weighted by molar-refractivity contribution is 7.15. The summed E-state index contributed by atoms with van der Waals surface area (Å²) in [5.41, 5.74) is 1.20. The minimum atomic E-state index is 0.0746. The number of hydrogen-bond donors (Lipinski definition) is 2. The molecule has 0 atom stereocenters. The first-order valence-corrected chi connectivity index (χ1v) is 7.15. The van der Waals surface area contributed by atoms with Crippen molar-refractivity contribution >= 4 is 22.4 Å². The van der Waals surface area contributed by atoms with Gasteiger partial charge in [0.1, 0.15) is 0 Å². The fourth-order valence-electron chi connectivity index (χ4n) is 2.10. The van der Waals surface area contributed by atoms with Gasteiger partial charge in [-0.25, -0.2) is 4.98 Å². The van der Waals surface area contributed by atoms with Crippen LogP contribution < -0.4 is 10.6 Å². The van der Waals surface area contributed by atoms with Gasteiger partial charge in [-0.2, -0.15) is 0 Å². The first-order chi connectivity index (χ1) is 8.31. The molecule has 92 valence electrons. The predicted molar refractivity (Wildman–Crippen MR) is 68.4 cm³/mol. The SMILES string of the molecule is O=C(CCNC1CC1)Nc1nc2c(s1)CCC2. The Balaban J connectivity index is 1.46. The molecule has 0 radical (unpaired) electrons. The van der Waals surface area contributed by atoms with Crippen molar-refractivity contribution in [1.82, 2.24) is 10.3 Å². The lowest BCUT2D eigenvalue weighted by atomic mass is 10.4. The Morgan fingerprint density at radius 3 is 3.06 bits per heavy atom. The standard InChI is InChI=1S/C12H17N3OS/c16-11(6-7-13-8-4-5-8)15-12-14-9-2-1-3-10(9)17-12/h8,13H,1-7H2,(H,14,15,16). The number of aryl methyl sites for hydroxylation is 2. The molecule has 0 saturated heterocycles. The fourth-order valence-corrected chi connectivity index (χ4v) is 3.17. The van der Waals surface area contributed by atoms with E-state index in [1.807, 2.05) is 0 Å². The van der Waals surface area contributed by atoms with Crippen LogP contribution in [0.4, 0.5) is 5.13 Å². The zero-order valence-electron chi connectivity index (χ0n) is 9.79. The van der Waals surface area contributed by atoms with E-state index in [9.17, 15) is 4.79 Å². The van der Waals surface area contributed by atoms with Gasteiger partial charge >= 0.3 is 0 Å². The fraction of sp³-hybridized carbons (Fsp3) is 0.667. The van der Waals surface area contributed by atoms with Crippen LogP contribution in [0.2, 0.25) is 0 Å². The minimum absolute atomic E-state index is 0.0746. The van der Waals surface area contributed by atoms with E-state index >= 15 is 0 Å². The number of anilines is 1. The summed E-state index contributed by atoms with van der Waals surface area (Å²) in [6.45, 7) is 0.779. The molecule has 0 spiro atoms. The monoisotopic (exact) mass is 251 g/mol. The van der Waals surface area contributed by atoms with Gasteiger partial charge in [0, 0.05) is 23.9 Å². The van der Waals surface area contributed by atoms with Crippen molar-refractivity contribution in [3.05, 3.63) is 10.6 Å². The Kier molecular flexibility index (Phi) is 3.11. The molecule has 2 N–H and O–H groups in total. The molecule has 2 aliphatic rings. The highest BCUT2D eigenvalue weighted by atomic mass is 32.1. The van der Waals surface area contributed by atoms with Gasteiger partial charge in [0.2, 0.25) is 5.91 Å². The number of aromatic nitrogens is 1. The van der Waals surface area contributed by atoms with Gasteiger partial charge in [0.25, 0.3) is 0 Å². The van der Waals surface area contributed by atoms with Crippen molar-refractivity contribution in [2.24, 2.45) is 0 Å². The summed E-state index contributed by atoms with van der Waals surface area (Å²) in [4.78, 5) is 17.5. The van der Waals surface area contributed by atoms with Crippen LogP contribution in [0.15, 0.2) is 0 Å². The Morgan fingerprint density at radius 1 is 1.41 bits per heavy atom. The van der Waals surface area contributed by atoms with Crippen LogP contribution in [-0.2, 0) is 17.6 Å². The number of carbonyl (C=O) groups is 1. The molecule has 0 bridgehead atoms. The summed E-state index contributed by atoms with van der Waals surface area (Å²) in [5.74, 6) is 0.0746. The van der Waals surface area contributed by atoms with Crippen molar-refractivity contribution in [3.63, 3.8) is 0 Å². The molecule has 1 saturated carbocycles. The van der Waals surface area contributed by atoms with Crippen molar-refractivity contribution in [1.29, 1.82) is 0 Å². The number of hydrogen-bond acceptors (Lipinski definition) is 4. The number of thiazole rings is 1. The van der Waals surface area contributed by atoms with Gasteiger partial charge in [0.05, 0.1) is 5.69 Å². The van der Waals surface area contributed by atoms with Gasteiger partial charge in [-0.3, -0.25) is 4.79 Å². The molecule has 1 aromatic rings. The second-order valence-electron chi connectivity index (χ2n) is 4.77. The molecule has 1 amide bonds. The van der Waals surface area contributed by atoms with Crippen LogP contribution in [-0.4, -0.2) is 23.5 Å². The van der Waals surface area contributed by atoms with E-state index in [0.717, 1.165) is 24.5 Å². The molecule has 0 aliphatic heterocycles. The topological polar surface area (TPSA) is 54.0 Å². The Morgan fingerprint density at radius 2 is 2.29 bits per heavy atom. The molecule has 3 rings (SSSR count). The third-order valence-corrected chi connectivity index (χ3v) is 4.28. The predicted octanol–water partition coefficient (Wildman–Crippen LogP) is 1.71. The van der Waals surface area contributed by atoms with E-state index in [-0.39, 0.29) is 5.91 Å². The summed E-state index contributed by atoms with van der Waals surface area (Å²) in [6, 6.07) is 0.673. The summed E-state index contributed by atoms with van der Waals surface area (Å²) in [6.07, 6.45) is 6.49. The van der Waals surface area contributed by atoms with Gasteiger partial charge < -0.3 is 10.6 Å². The van der Waals surface area contributed by atoms with Gasteiger partial charge in [-0.05, 0) is 32.1 Å². The minimum Gasteiger partial charge on any atom is -0.313 e. The Hall–Kier alpha value is -0.940. The smallest absolute Gasteiger partial charge is 0.227 e. The van der Waals surface area contributed by atoms with E-state index in [1.165, 1.54) is 29.8 Å². The highest BCUT2D eigenvalue weighted by Gasteiger charge is 2.20. The quantitative estimate of drug-likeness (QED) is 0.837. The third-order valence-electron chi connectivity index (χ3n) is 3.20. The molecule has 4 nitrogen and oxygen atoms in total. The Bertz CT molecular complexity index is 404. The first kappa shape index (κ1) is 11.2. The van der Waals surface area contributed by atoms with Crippen LogP contribution in [0, 0.1) is 0 Å². The first-order valence-electron chi connectivity index (χ1n) is 6.33. The van der Waals surface area contributed by atoms with Crippen LogP contribution in [0.25, 0.3) is 0 Å². The second kappa shape index (κ2) is 4.74. The van der Waals surface area contributed by atoms with Crippen LogP contribution in [0.3, 0.4) is 0 Å². The van der Waals surface area contributed by atoms with Crippen LogP contribution >= 0.6 is 11.3 Å². The van der Waals surface area contributed by atoms with Gasteiger partial charge in [-0.1, -0.05) is 0 Å². The largest absolute Gasteiger partial charge is 0.313 e. The molecule has 2 aliphatic carbocycles. The summed E-state index contributed by atoms with van der Waals surface area (Å²) in [5, 5.41) is 7.01. The molecule has 1 heterocycles. The normalized spacial score (nSPS) is 18.1. The molecule has 1 aromatic heterocycles. The van der Waals surface area contributed by atoms with Gasteiger partial charge in [0.15, 0.2) is 5.13 Å². The van der Waals surface area contributed by atoms with Crippen LogP contribution in [0.5, 0.6) is 0 Å². The van der Waals surface area contributed by atoms with E-state index in [2.05, 4.69) is 15.6 Å². The third kappa shape index (κ3) is 2.84. The van der Waals surface area contributed by atoms with Crippen LogP contribution in [0.1, 0.15) is 36.3 Å². The molecule has 17 heavy (non-hydrogen) atoms. The molecule has 1 fully saturated rings. The van der Waals surface area contributed by atoms with Crippen molar-refractivity contribution in [3.8, 4) is 0 Å². The van der Waals surface area contributed by atoms with E-state index in [1.54, 1.807) is 11.3 Å². The lowest BCUT2D eigenvalue weighted by molar-refractivity contribution is -0.116. The summed E-state index contributed by atoms with van der Waals surface area (Å²) < 4.78 is 0. The van der Waals surface area contributed by atoms with Crippen molar-refractivity contribution in [2.75, 3.05) is 11.9 Å². The maximum Gasteiger partial charge on any atom is 0.227 e. The maximum absolute atomic E-state index is 11.7. The van der Waals surface area contributed by atoms with E-state index in [0.29, 0.717) is 12.5 Å². The molecule has 5 heteroatoms. The summed E-state index contributed by atoms with van der Waals surface area (Å²) >= 11 is 1.64. The van der Waals surface area contributed by atoms with E-state index < -0.39 is 0 Å². The summed E-state index contributed by atoms with van der Waals surface area (Å²) in [7, 11) is 0. The lowest BCUT2D eigenvalue weighted by Crippen LogP contribution is -2.23.